The van der Waals surface area contributed by atoms with E-state index in [1.54, 1.807) is 6.07 Å². The predicted octanol–water partition coefficient (Wildman–Crippen LogP) is 3.25. The lowest BCUT2D eigenvalue weighted by Crippen LogP contribution is -2.06. The van der Waals surface area contributed by atoms with Gasteiger partial charge in [0.2, 0.25) is 5.88 Å². The fourth-order valence-corrected chi connectivity index (χ4v) is 1.61. The molecule has 1 aromatic carbocycles. The van der Waals surface area contributed by atoms with Gasteiger partial charge < -0.3 is 10.1 Å². The van der Waals surface area contributed by atoms with Gasteiger partial charge in [-0.3, -0.25) is 0 Å². The highest BCUT2D eigenvalue weighted by atomic mass is 35.5. The summed E-state index contributed by atoms with van der Waals surface area (Å²) in [6, 6.07) is 13.0. The summed E-state index contributed by atoms with van der Waals surface area (Å²) in [5, 5.41) is 3.62. The number of ether oxygens (including phenoxy) is 1. The van der Waals surface area contributed by atoms with Gasteiger partial charge in [0.25, 0.3) is 0 Å². The van der Waals surface area contributed by atoms with Crippen molar-refractivity contribution in [1.82, 2.24) is 10.3 Å². The summed E-state index contributed by atoms with van der Waals surface area (Å²) in [6.07, 6.45) is 0. The highest BCUT2D eigenvalue weighted by Crippen LogP contribution is 2.27. The molecule has 3 nitrogen and oxygen atoms in total. The lowest BCUT2D eigenvalue weighted by molar-refractivity contribution is 0.460. The maximum absolute atomic E-state index is 6.01. The highest BCUT2D eigenvalue weighted by Gasteiger charge is 2.03. The number of nitrogens with zero attached hydrogens (tertiary/aromatic N) is 1. The third kappa shape index (κ3) is 3.19. The molecular formula is C13H13ClN2O. The van der Waals surface area contributed by atoms with Gasteiger partial charge in [-0.15, -0.1) is 0 Å². The summed E-state index contributed by atoms with van der Waals surface area (Å²) >= 11 is 6.01. The molecule has 2 aromatic rings. The zero-order valence-electron chi connectivity index (χ0n) is 9.48. The van der Waals surface area contributed by atoms with Crippen LogP contribution in [0.4, 0.5) is 0 Å². The second-order valence-electron chi connectivity index (χ2n) is 3.53. The normalized spacial score (nSPS) is 10.2. The number of hydrogen-bond acceptors (Lipinski definition) is 3. The smallest absolute Gasteiger partial charge is 0.219 e. The summed E-state index contributed by atoms with van der Waals surface area (Å²) in [5.41, 5.74) is 0.928. The number of aromatic nitrogens is 1. The van der Waals surface area contributed by atoms with Crippen LogP contribution in [0, 0.1) is 0 Å². The number of pyridine rings is 1. The van der Waals surface area contributed by atoms with Gasteiger partial charge in [-0.05, 0) is 25.2 Å². The van der Waals surface area contributed by atoms with Crippen LogP contribution in [0.25, 0.3) is 0 Å². The molecule has 88 valence electrons. The molecule has 0 amide bonds. The van der Waals surface area contributed by atoms with Crippen LogP contribution in [0.3, 0.4) is 0 Å². The van der Waals surface area contributed by atoms with Crippen molar-refractivity contribution < 1.29 is 4.74 Å². The molecule has 2 rings (SSSR count). The molecule has 0 aliphatic carbocycles. The molecule has 0 fully saturated rings. The molecule has 0 aliphatic rings. The van der Waals surface area contributed by atoms with Gasteiger partial charge in [-0.1, -0.05) is 29.8 Å². The molecule has 0 radical (unpaired) electrons. The summed E-state index contributed by atoms with van der Waals surface area (Å²) in [5.74, 6) is 1.16. The minimum absolute atomic E-state index is 0.547. The maximum Gasteiger partial charge on any atom is 0.219 e. The lowest BCUT2D eigenvalue weighted by atomic mass is 10.3. The molecule has 17 heavy (non-hydrogen) atoms. The Morgan fingerprint density at radius 1 is 1.18 bits per heavy atom. The van der Waals surface area contributed by atoms with Gasteiger partial charge in [0.15, 0.2) is 0 Å². The van der Waals surface area contributed by atoms with Crippen molar-refractivity contribution in [2.45, 2.75) is 6.54 Å². The maximum atomic E-state index is 6.01. The first-order valence-electron chi connectivity index (χ1n) is 5.32. The first-order chi connectivity index (χ1) is 8.29. The zero-order chi connectivity index (χ0) is 12.1. The molecule has 0 aliphatic heterocycles. The summed E-state index contributed by atoms with van der Waals surface area (Å²) < 4.78 is 5.63. The molecule has 0 saturated carbocycles. The molecule has 4 heteroatoms. The Kier molecular flexibility index (Phi) is 3.96. The van der Waals surface area contributed by atoms with Crippen molar-refractivity contribution in [3.05, 3.63) is 53.2 Å². The third-order valence-corrected chi connectivity index (χ3v) is 2.50. The Bertz CT molecular complexity index is 502. The molecule has 1 N–H and O–H groups in total. The topological polar surface area (TPSA) is 34.1 Å². The van der Waals surface area contributed by atoms with Gasteiger partial charge in [0.1, 0.15) is 5.75 Å². The van der Waals surface area contributed by atoms with Crippen LogP contribution in [0.5, 0.6) is 11.6 Å². The van der Waals surface area contributed by atoms with Gasteiger partial charge in [0, 0.05) is 12.6 Å². The van der Waals surface area contributed by atoms with Crippen LogP contribution in [0.2, 0.25) is 5.02 Å². The quantitative estimate of drug-likeness (QED) is 0.902. The molecule has 0 spiro atoms. The van der Waals surface area contributed by atoms with Crippen LogP contribution in [0.1, 0.15) is 5.69 Å². The monoisotopic (exact) mass is 248 g/mol. The Labute approximate surface area is 105 Å². The number of hydrogen-bond donors (Lipinski definition) is 1. The van der Waals surface area contributed by atoms with E-state index in [0.717, 1.165) is 5.69 Å². The molecule has 0 saturated heterocycles. The fourth-order valence-electron chi connectivity index (χ4n) is 1.43. The average molecular weight is 249 g/mol. The van der Waals surface area contributed by atoms with E-state index in [0.29, 0.717) is 23.2 Å². The first-order valence-corrected chi connectivity index (χ1v) is 5.70. The zero-order valence-corrected chi connectivity index (χ0v) is 10.2. The lowest BCUT2D eigenvalue weighted by Gasteiger charge is -2.07. The van der Waals surface area contributed by atoms with Crippen LogP contribution >= 0.6 is 11.6 Å². The SMILES string of the molecule is CNCc1cccc(Oc2ccccc2Cl)n1. The average Bonchev–Trinajstić information content (AvgIpc) is 2.33. The van der Waals surface area contributed by atoms with Crippen LogP contribution in [0.15, 0.2) is 42.5 Å². The van der Waals surface area contributed by atoms with E-state index in [-0.39, 0.29) is 0 Å². The Morgan fingerprint density at radius 3 is 2.76 bits per heavy atom. The summed E-state index contributed by atoms with van der Waals surface area (Å²) in [6.45, 7) is 0.708. The highest BCUT2D eigenvalue weighted by molar-refractivity contribution is 6.32. The fraction of sp³-hybridized carbons (Fsp3) is 0.154. The standard InChI is InChI=1S/C13H13ClN2O/c1-15-9-10-5-4-8-13(16-10)17-12-7-3-2-6-11(12)14/h2-8,15H,9H2,1H3. The van der Waals surface area contributed by atoms with Crippen molar-refractivity contribution in [3.63, 3.8) is 0 Å². The van der Waals surface area contributed by atoms with E-state index in [4.69, 9.17) is 16.3 Å². The van der Waals surface area contributed by atoms with E-state index in [2.05, 4.69) is 10.3 Å². The van der Waals surface area contributed by atoms with E-state index >= 15 is 0 Å². The van der Waals surface area contributed by atoms with Crippen molar-refractivity contribution in [3.8, 4) is 11.6 Å². The predicted molar refractivity (Wildman–Crippen MR) is 68.5 cm³/mol. The number of nitrogens with one attached hydrogen (secondary N) is 1. The molecular weight excluding hydrogens is 236 g/mol. The molecule has 0 bridgehead atoms. The Hall–Kier alpha value is -1.58. The number of rotatable bonds is 4. The summed E-state index contributed by atoms with van der Waals surface area (Å²) in [7, 11) is 1.88. The van der Waals surface area contributed by atoms with Crippen molar-refractivity contribution in [2.24, 2.45) is 0 Å². The van der Waals surface area contributed by atoms with Crippen molar-refractivity contribution in [1.29, 1.82) is 0 Å². The van der Waals surface area contributed by atoms with E-state index in [1.807, 2.05) is 43.4 Å². The number of halogens is 1. The van der Waals surface area contributed by atoms with Crippen molar-refractivity contribution in [2.75, 3.05) is 7.05 Å². The second-order valence-corrected chi connectivity index (χ2v) is 3.94. The molecule has 0 atom stereocenters. The van der Waals surface area contributed by atoms with Gasteiger partial charge in [-0.25, -0.2) is 4.98 Å². The van der Waals surface area contributed by atoms with Crippen LogP contribution in [-0.4, -0.2) is 12.0 Å². The van der Waals surface area contributed by atoms with E-state index in [9.17, 15) is 0 Å². The number of benzene rings is 1. The van der Waals surface area contributed by atoms with Gasteiger partial charge >= 0.3 is 0 Å². The Morgan fingerprint density at radius 2 is 2.00 bits per heavy atom. The van der Waals surface area contributed by atoms with Crippen molar-refractivity contribution >= 4 is 11.6 Å². The van der Waals surface area contributed by atoms with Crippen LogP contribution < -0.4 is 10.1 Å². The van der Waals surface area contributed by atoms with E-state index in [1.165, 1.54) is 0 Å². The third-order valence-electron chi connectivity index (χ3n) is 2.19. The van der Waals surface area contributed by atoms with Gasteiger partial charge in [0.05, 0.1) is 10.7 Å². The minimum atomic E-state index is 0.547. The minimum Gasteiger partial charge on any atom is -0.437 e. The van der Waals surface area contributed by atoms with Gasteiger partial charge in [-0.2, -0.15) is 0 Å². The molecule has 0 unspecified atom stereocenters. The molecule has 1 heterocycles. The Balaban J connectivity index is 2.18. The first kappa shape index (κ1) is 11.9. The number of para-hydroxylation sites is 1. The largest absolute Gasteiger partial charge is 0.437 e. The second kappa shape index (κ2) is 5.66. The van der Waals surface area contributed by atoms with E-state index < -0.39 is 0 Å². The van der Waals surface area contributed by atoms with Crippen LogP contribution in [-0.2, 0) is 6.54 Å². The molecule has 1 aromatic heterocycles. The summed E-state index contributed by atoms with van der Waals surface area (Å²) in [4.78, 5) is 4.36.